The fourth-order valence-corrected chi connectivity index (χ4v) is 3.54. The summed E-state index contributed by atoms with van der Waals surface area (Å²) in [4.78, 5) is 12.3. The van der Waals surface area contributed by atoms with E-state index in [2.05, 4.69) is 36.2 Å². The van der Waals surface area contributed by atoms with Crippen LogP contribution in [0.25, 0.3) is 0 Å². The van der Waals surface area contributed by atoms with Crippen LogP contribution in [0.5, 0.6) is 5.75 Å². The van der Waals surface area contributed by atoms with Crippen LogP contribution < -0.4 is 14.8 Å². The molecule has 3 N–H and O–H groups in total. The van der Waals surface area contributed by atoms with Gasteiger partial charge in [0.2, 0.25) is 0 Å². The second kappa shape index (κ2) is 8.44. The summed E-state index contributed by atoms with van der Waals surface area (Å²) in [6, 6.07) is 14.6. The Hall–Kier alpha value is -2.85. The standard InChI is InChI=1S/C18H17BrN4O4S/c1-2-27-15-9-7-14(8-10-15)23-28(25,26)17-11-16(21-22-17)18(24)20-13-5-3-12(19)4-6-13/h3-11,23H,2H2,1H3,(H,20,24)(H,21,22). The number of ether oxygens (including phenoxy) is 1. The molecule has 1 heterocycles. The topological polar surface area (TPSA) is 113 Å². The predicted octanol–water partition coefficient (Wildman–Crippen LogP) is 3.62. The Morgan fingerprint density at radius 3 is 2.39 bits per heavy atom. The summed E-state index contributed by atoms with van der Waals surface area (Å²) in [5.41, 5.74) is 0.877. The molecular weight excluding hydrogens is 448 g/mol. The molecule has 0 fully saturated rings. The van der Waals surface area contributed by atoms with Crippen LogP contribution in [0.2, 0.25) is 0 Å². The number of aromatic nitrogens is 2. The maximum Gasteiger partial charge on any atom is 0.278 e. The van der Waals surface area contributed by atoms with Crippen LogP contribution in [0.15, 0.2) is 64.1 Å². The molecule has 0 saturated carbocycles. The zero-order valence-corrected chi connectivity index (χ0v) is 17.2. The maximum atomic E-state index is 12.5. The Morgan fingerprint density at radius 1 is 1.11 bits per heavy atom. The van der Waals surface area contributed by atoms with Crippen molar-refractivity contribution >= 4 is 43.2 Å². The van der Waals surface area contributed by atoms with E-state index in [0.717, 1.165) is 4.47 Å². The van der Waals surface area contributed by atoms with Crippen molar-refractivity contribution in [2.45, 2.75) is 11.9 Å². The number of rotatable bonds is 7. The number of hydrogen-bond acceptors (Lipinski definition) is 5. The fourth-order valence-electron chi connectivity index (χ4n) is 2.28. The first-order valence-corrected chi connectivity index (χ1v) is 10.5. The van der Waals surface area contributed by atoms with Gasteiger partial charge in [-0.05, 0) is 55.5 Å². The van der Waals surface area contributed by atoms with Crippen LogP contribution >= 0.6 is 15.9 Å². The Balaban J connectivity index is 1.70. The predicted molar refractivity (Wildman–Crippen MR) is 109 cm³/mol. The van der Waals surface area contributed by atoms with Gasteiger partial charge in [-0.2, -0.15) is 13.5 Å². The van der Waals surface area contributed by atoms with E-state index in [0.29, 0.717) is 23.7 Å². The van der Waals surface area contributed by atoms with Crippen molar-refractivity contribution in [2.75, 3.05) is 16.6 Å². The molecule has 1 amide bonds. The molecule has 1 aromatic heterocycles. The number of carbonyl (C=O) groups excluding carboxylic acids is 1. The number of sulfonamides is 1. The lowest BCUT2D eigenvalue weighted by molar-refractivity contribution is 0.102. The number of nitrogens with one attached hydrogen (secondary N) is 3. The highest BCUT2D eigenvalue weighted by molar-refractivity contribution is 9.10. The number of aromatic amines is 1. The first-order chi connectivity index (χ1) is 13.4. The van der Waals surface area contributed by atoms with Gasteiger partial charge in [0.15, 0.2) is 10.7 Å². The van der Waals surface area contributed by atoms with Crippen molar-refractivity contribution in [3.05, 3.63) is 64.8 Å². The van der Waals surface area contributed by atoms with Crippen LogP contribution in [0.1, 0.15) is 17.4 Å². The molecule has 0 atom stereocenters. The molecule has 28 heavy (non-hydrogen) atoms. The van der Waals surface area contributed by atoms with E-state index in [4.69, 9.17) is 4.74 Å². The SMILES string of the molecule is CCOc1ccc(NS(=O)(=O)c2cc(C(=O)Nc3ccc(Br)cc3)n[nH]2)cc1. The van der Waals surface area contributed by atoms with Crippen LogP contribution in [0, 0.1) is 0 Å². The summed E-state index contributed by atoms with van der Waals surface area (Å²) in [5, 5.41) is 8.60. The van der Waals surface area contributed by atoms with Crippen molar-refractivity contribution < 1.29 is 17.9 Å². The number of benzene rings is 2. The fraction of sp³-hybridized carbons (Fsp3) is 0.111. The van der Waals surface area contributed by atoms with Crippen LogP contribution in [-0.2, 0) is 10.0 Å². The second-order valence-electron chi connectivity index (χ2n) is 5.64. The molecular formula is C18H17BrN4O4S. The first kappa shape index (κ1) is 19.9. The highest BCUT2D eigenvalue weighted by Crippen LogP contribution is 2.20. The largest absolute Gasteiger partial charge is 0.494 e. The molecule has 0 unspecified atom stereocenters. The molecule has 0 aliphatic rings. The zero-order valence-electron chi connectivity index (χ0n) is 14.8. The van der Waals surface area contributed by atoms with Crippen molar-refractivity contribution in [3.63, 3.8) is 0 Å². The third-order valence-electron chi connectivity index (χ3n) is 3.60. The van der Waals surface area contributed by atoms with E-state index in [1.54, 1.807) is 48.5 Å². The van der Waals surface area contributed by atoms with Crippen LogP contribution in [-0.4, -0.2) is 31.1 Å². The lowest BCUT2D eigenvalue weighted by Gasteiger charge is -2.07. The summed E-state index contributed by atoms with van der Waals surface area (Å²) in [6.07, 6.45) is 0. The number of hydrogen-bond donors (Lipinski definition) is 3. The molecule has 0 bridgehead atoms. The Morgan fingerprint density at radius 2 is 1.75 bits per heavy atom. The minimum Gasteiger partial charge on any atom is -0.494 e. The summed E-state index contributed by atoms with van der Waals surface area (Å²) in [5.74, 6) is 0.111. The van der Waals surface area contributed by atoms with E-state index >= 15 is 0 Å². The minimum absolute atomic E-state index is 0.0463. The van der Waals surface area contributed by atoms with Gasteiger partial charge in [-0.25, -0.2) is 0 Å². The Bertz CT molecular complexity index is 1060. The van der Waals surface area contributed by atoms with Gasteiger partial charge in [0.1, 0.15) is 5.75 Å². The summed E-state index contributed by atoms with van der Waals surface area (Å²) < 4.78 is 33.6. The quantitative estimate of drug-likeness (QED) is 0.493. The van der Waals surface area contributed by atoms with E-state index < -0.39 is 15.9 Å². The smallest absolute Gasteiger partial charge is 0.278 e. The van der Waals surface area contributed by atoms with Gasteiger partial charge in [-0.1, -0.05) is 15.9 Å². The van der Waals surface area contributed by atoms with Crippen LogP contribution in [0.4, 0.5) is 11.4 Å². The highest BCUT2D eigenvalue weighted by Gasteiger charge is 2.20. The lowest BCUT2D eigenvalue weighted by atomic mass is 10.3. The molecule has 0 radical (unpaired) electrons. The van der Waals surface area contributed by atoms with E-state index in [1.165, 1.54) is 6.07 Å². The molecule has 10 heteroatoms. The van der Waals surface area contributed by atoms with Gasteiger partial charge < -0.3 is 10.1 Å². The monoisotopic (exact) mass is 464 g/mol. The third kappa shape index (κ3) is 4.90. The average Bonchev–Trinajstić information content (AvgIpc) is 3.17. The molecule has 2 aromatic carbocycles. The van der Waals surface area contributed by atoms with E-state index in [1.807, 2.05) is 6.92 Å². The number of carbonyl (C=O) groups is 1. The van der Waals surface area contributed by atoms with Crippen molar-refractivity contribution in [3.8, 4) is 5.75 Å². The van der Waals surface area contributed by atoms with Crippen LogP contribution in [0.3, 0.4) is 0 Å². The number of anilines is 2. The lowest BCUT2D eigenvalue weighted by Crippen LogP contribution is -2.13. The molecule has 8 nitrogen and oxygen atoms in total. The first-order valence-electron chi connectivity index (χ1n) is 8.25. The number of H-pyrrole nitrogens is 1. The highest BCUT2D eigenvalue weighted by atomic mass is 79.9. The maximum absolute atomic E-state index is 12.5. The minimum atomic E-state index is -3.92. The van der Waals surface area contributed by atoms with Gasteiger partial charge in [0, 0.05) is 21.9 Å². The van der Waals surface area contributed by atoms with Gasteiger partial charge in [0.05, 0.1) is 6.61 Å². The summed E-state index contributed by atoms with van der Waals surface area (Å²) in [6.45, 7) is 2.38. The average molecular weight is 465 g/mol. The van der Waals surface area contributed by atoms with E-state index in [-0.39, 0.29) is 10.7 Å². The zero-order chi connectivity index (χ0) is 20.1. The molecule has 0 saturated heterocycles. The second-order valence-corrected chi connectivity index (χ2v) is 8.21. The molecule has 146 valence electrons. The molecule has 0 aliphatic heterocycles. The molecule has 3 aromatic rings. The van der Waals surface area contributed by atoms with Gasteiger partial charge >= 0.3 is 0 Å². The van der Waals surface area contributed by atoms with Crippen molar-refractivity contribution in [2.24, 2.45) is 0 Å². The van der Waals surface area contributed by atoms with Gasteiger partial charge in [0.25, 0.3) is 15.9 Å². The van der Waals surface area contributed by atoms with Crippen molar-refractivity contribution in [1.82, 2.24) is 10.2 Å². The number of nitrogens with zero attached hydrogens (tertiary/aromatic N) is 1. The summed E-state index contributed by atoms with van der Waals surface area (Å²) >= 11 is 3.31. The summed E-state index contributed by atoms with van der Waals surface area (Å²) in [7, 11) is -3.92. The van der Waals surface area contributed by atoms with E-state index in [9.17, 15) is 13.2 Å². The van der Waals surface area contributed by atoms with Gasteiger partial charge in [-0.15, -0.1) is 0 Å². The molecule has 0 spiro atoms. The molecule has 3 rings (SSSR count). The normalized spacial score (nSPS) is 11.1. The number of amides is 1. The Labute approximate surface area is 170 Å². The Kier molecular flexibility index (Phi) is 6.00. The van der Waals surface area contributed by atoms with Crippen molar-refractivity contribution in [1.29, 1.82) is 0 Å². The third-order valence-corrected chi connectivity index (χ3v) is 5.42. The number of halogens is 1. The van der Waals surface area contributed by atoms with Gasteiger partial charge in [-0.3, -0.25) is 14.6 Å². The molecule has 0 aliphatic carbocycles.